The third-order valence-corrected chi connectivity index (χ3v) is 2.76. The average Bonchev–Trinajstić information content (AvgIpc) is 2.51. The molecule has 64 valence electrons. The fourth-order valence-electron chi connectivity index (χ4n) is 0.780. The van der Waals surface area contributed by atoms with Gasteiger partial charge in [-0.25, -0.2) is 4.79 Å². The largest absolute Gasteiger partial charge is 0.477 e. The maximum Gasteiger partial charge on any atom is 0.345 e. The molecule has 0 saturated heterocycles. The van der Waals surface area contributed by atoms with E-state index in [0.717, 1.165) is 22.5 Å². The molecule has 1 aromatic heterocycles. The average molecular weight is 184 g/mol. The van der Waals surface area contributed by atoms with Crippen LogP contribution in [0.2, 0.25) is 0 Å². The molecule has 1 aromatic rings. The van der Waals surface area contributed by atoms with Crippen molar-refractivity contribution in [2.24, 2.45) is 0 Å². The van der Waals surface area contributed by atoms with Gasteiger partial charge in [-0.15, -0.1) is 11.3 Å². The number of carboxylic acids is 1. The summed E-state index contributed by atoms with van der Waals surface area (Å²) in [5.74, 6) is -1.15. The molecule has 12 heavy (non-hydrogen) atoms. The van der Waals surface area contributed by atoms with E-state index in [0.29, 0.717) is 0 Å². The molecule has 3 nitrogen and oxygen atoms in total. The molecule has 0 spiro atoms. The first-order valence-corrected chi connectivity index (χ1v) is 4.25. The minimum atomic E-state index is -0.940. The fourth-order valence-corrected chi connectivity index (χ4v) is 1.63. The molecule has 0 fully saturated rings. The van der Waals surface area contributed by atoms with Gasteiger partial charge in [-0.3, -0.25) is 0 Å². The van der Waals surface area contributed by atoms with E-state index < -0.39 is 5.97 Å². The van der Waals surface area contributed by atoms with Crippen LogP contribution in [0.4, 0.5) is 0 Å². The summed E-state index contributed by atoms with van der Waals surface area (Å²) in [7, 11) is 0. The van der Waals surface area contributed by atoms with Gasteiger partial charge in [-0.2, -0.15) is 0 Å². The quantitative estimate of drug-likeness (QED) is 0.728. The van der Waals surface area contributed by atoms with Gasteiger partial charge in [-0.05, 0) is 12.1 Å². The molecule has 0 aliphatic heterocycles. The number of aldehydes is 1. The van der Waals surface area contributed by atoms with E-state index in [1.807, 2.05) is 0 Å². The minimum absolute atomic E-state index is 0.205. The van der Waals surface area contributed by atoms with E-state index in [1.54, 1.807) is 13.0 Å². The van der Waals surface area contributed by atoms with Gasteiger partial charge in [0.1, 0.15) is 11.2 Å². The summed E-state index contributed by atoms with van der Waals surface area (Å²) in [6.07, 6.45) is 0.803. The van der Waals surface area contributed by atoms with E-state index in [9.17, 15) is 9.59 Å². The third-order valence-electron chi connectivity index (χ3n) is 1.49. The van der Waals surface area contributed by atoms with Crippen LogP contribution in [0.3, 0.4) is 0 Å². The molecule has 0 aliphatic rings. The molecule has 1 heterocycles. The third kappa shape index (κ3) is 1.71. The maximum absolute atomic E-state index is 10.4. The number of carbonyl (C=O) groups excluding carboxylic acids is 1. The highest BCUT2D eigenvalue weighted by Crippen LogP contribution is 2.23. The Balaban J connectivity index is 2.91. The number of carbonyl (C=O) groups is 2. The summed E-state index contributed by atoms with van der Waals surface area (Å²) in [6, 6.07) is 3.19. The van der Waals surface area contributed by atoms with Crippen LogP contribution in [-0.4, -0.2) is 17.4 Å². The molecule has 1 N–H and O–H groups in total. The summed E-state index contributed by atoms with van der Waals surface area (Å²) < 4.78 is 0. The van der Waals surface area contributed by atoms with Gasteiger partial charge in [0.25, 0.3) is 0 Å². The first-order valence-electron chi connectivity index (χ1n) is 3.43. The molecule has 1 unspecified atom stereocenters. The lowest BCUT2D eigenvalue weighted by Gasteiger charge is -1.95. The lowest BCUT2D eigenvalue weighted by atomic mass is 10.2. The number of hydrogen-bond donors (Lipinski definition) is 1. The van der Waals surface area contributed by atoms with Crippen LogP contribution in [0, 0.1) is 0 Å². The van der Waals surface area contributed by atoms with Gasteiger partial charge < -0.3 is 9.90 Å². The standard InChI is InChI=1S/C8H8O3S/c1-5(4-9)6-2-3-7(12-6)8(10)11/h2-5H,1H3,(H,10,11). The van der Waals surface area contributed by atoms with E-state index in [-0.39, 0.29) is 10.8 Å². The summed E-state index contributed by atoms with van der Waals surface area (Å²) in [6.45, 7) is 1.74. The molecular weight excluding hydrogens is 176 g/mol. The van der Waals surface area contributed by atoms with E-state index in [4.69, 9.17) is 5.11 Å². The Bertz CT molecular complexity index is 303. The second-order valence-electron chi connectivity index (χ2n) is 2.43. The summed E-state index contributed by atoms with van der Waals surface area (Å²) in [5, 5.41) is 8.57. The lowest BCUT2D eigenvalue weighted by molar-refractivity contribution is -0.108. The Hall–Kier alpha value is -1.16. The highest BCUT2D eigenvalue weighted by molar-refractivity contribution is 7.14. The van der Waals surface area contributed by atoms with Crippen molar-refractivity contribution in [3.8, 4) is 0 Å². The molecule has 1 atom stereocenters. The first kappa shape index (κ1) is 8.93. The molecule has 4 heteroatoms. The van der Waals surface area contributed by atoms with Crippen LogP contribution in [0.1, 0.15) is 27.4 Å². The zero-order chi connectivity index (χ0) is 9.14. The van der Waals surface area contributed by atoms with Crippen molar-refractivity contribution < 1.29 is 14.7 Å². The van der Waals surface area contributed by atoms with E-state index in [1.165, 1.54) is 6.07 Å². The molecule has 0 bridgehead atoms. The first-order chi connectivity index (χ1) is 5.65. The number of thiophene rings is 1. The van der Waals surface area contributed by atoms with Gasteiger partial charge in [0, 0.05) is 10.8 Å². The van der Waals surface area contributed by atoms with Crippen molar-refractivity contribution >= 4 is 23.6 Å². The highest BCUT2D eigenvalue weighted by atomic mass is 32.1. The Kier molecular flexibility index (Phi) is 2.60. The monoisotopic (exact) mass is 184 g/mol. The molecule has 0 saturated carbocycles. The zero-order valence-corrected chi connectivity index (χ0v) is 7.30. The Morgan fingerprint density at radius 3 is 2.75 bits per heavy atom. The van der Waals surface area contributed by atoms with Crippen molar-refractivity contribution in [1.29, 1.82) is 0 Å². The van der Waals surface area contributed by atoms with Gasteiger partial charge in [-0.1, -0.05) is 6.92 Å². The summed E-state index contributed by atoms with van der Waals surface area (Å²) in [4.78, 5) is 21.9. The van der Waals surface area contributed by atoms with Crippen molar-refractivity contribution in [3.63, 3.8) is 0 Å². The van der Waals surface area contributed by atoms with Gasteiger partial charge >= 0.3 is 5.97 Å². The number of carboxylic acid groups (broad SMARTS) is 1. The predicted octanol–water partition coefficient (Wildman–Crippen LogP) is 1.75. The fraction of sp³-hybridized carbons (Fsp3) is 0.250. The van der Waals surface area contributed by atoms with E-state index >= 15 is 0 Å². The highest BCUT2D eigenvalue weighted by Gasteiger charge is 2.10. The second kappa shape index (κ2) is 3.49. The van der Waals surface area contributed by atoms with Crippen molar-refractivity contribution in [1.82, 2.24) is 0 Å². The van der Waals surface area contributed by atoms with Crippen LogP contribution >= 0.6 is 11.3 Å². The molecule has 0 aromatic carbocycles. The van der Waals surface area contributed by atoms with Gasteiger partial charge in [0.15, 0.2) is 0 Å². The molecule has 0 radical (unpaired) electrons. The lowest BCUT2D eigenvalue weighted by Crippen LogP contribution is -1.91. The van der Waals surface area contributed by atoms with Crippen LogP contribution < -0.4 is 0 Å². The van der Waals surface area contributed by atoms with Crippen molar-refractivity contribution in [2.75, 3.05) is 0 Å². The molecule has 0 aliphatic carbocycles. The van der Waals surface area contributed by atoms with Crippen molar-refractivity contribution in [3.05, 3.63) is 21.9 Å². The van der Waals surface area contributed by atoms with Crippen molar-refractivity contribution in [2.45, 2.75) is 12.8 Å². The van der Waals surface area contributed by atoms with Gasteiger partial charge in [0.05, 0.1) is 0 Å². The van der Waals surface area contributed by atoms with Crippen LogP contribution in [0.25, 0.3) is 0 Å². The molecule has 0 amide bonds. The van der Waals surface area contributed by atoms with E-state index in [2.05, 4.69) is 0 Å². The normalized spacial score (nSPS) is 12.4. The minimum Gasteiger partial charge on any atom is -0.477 e. The predicted molar refractivity (Wildman–Crippen MR) is 45.8 cm³/mol. The number of rotatable bonds is 3. The second-order valence-corrected chi connectivity index (χ2v) is 3.55. The van der Waals surface area contributed by atoms with Crippen LogP contribution in [-0.2, 0) is 4.79 Å². The molecule has 1 rings (SSSR count). The van der Waals surface area contributed by atoms with Gasteiger partial charge in [0.2, 0.25) is 0 Å². The topological polar surface area (TPSA) is 54.4 Å². The number of hydrogen-bond acceptors (Lipinski definition) is 3. The smallest absolute Gasteiger partial charge is 0.345 e. The Morgan fingerprint density at radius 2 is 2.33 bits per heavy atom. The number of aromatic carboxylic acids is 1. The Labute approximate surface area is 73.6 Å². The Morgan fingerprint density at radius 1 is 1.67 bits per heavy atom. The van der Waals surface area contributed by atoms with Crippen LogP contribution in [0.5, 0.6) is 0 Å². The molecular formula is C8H8O3S. The zero-order valence-electron chi connectivity index (χ0n) is 6.48. The SMILES string of the molecule is CC(C=O)c1ccc(C(=O)O)s1. The summed E-state index contributed by atoms with van der Waals surface area (Å²) in [5.41, 5.74) is 0. The van der Waals surface area contributed by atoms with Crippen LogP contribution in [0.15, 0.2) is 12.1 Å². The maximum atomic E-state index is 10.4. The summed E-state index contributed by atoms with van der Waals surface area (Å²) >= 11 is 1.14.